The third-order valence-electron chi connectivity index (χ3n) is 6.10. The highest BCUT2D eigenvalue weighted by Gasteiger charge is 2.46. The minimum Gasteiger partial charge on any atom is -0.494 e. The highest BCUT2D eigenvalue weighted by atomic mass is 32.2. The van der Waals surface area contributed by atoms with Crippen molar-refractivity contribution in [2.75, 3.05) is 32.3 Å². The van der Waals surface area contributed by atoms with E-state index in [2.05, 4.69) is 0 Å². The van der Waals surface area contributed by atoms with Gasteiger partial charge in [-0.3, -0.25) is 9.69 Å². The maximum Gasteiger partial charge on any atom is 0.346 e. The fraction of sp³-hybridized carbons (Fsp3) is 0.286. The van der Waals surface area contributed by atoms with E-state index in [1.54, 1.807) is 23.1 Å². The topological polar surface area (TPSA) is 91.4 Å². The lowest BCUT2D eigenvalue weighted by atomic mass is 9.83. The maximum absolute atomic E-state index is 13.6. The van der Waals surface area contributed by atoms with Crippen LogP contribution in [-0.4, -0.2) is 55.7 Å². The molecule has 2 aliphatic heterocycles. The standard InChI is InChI=1S/C28H26FNO7S3/c1-6-36-17-11-12-19-18(13-17)21(27-39-22(25(32)34-4)23(40-27)26(33)35-5)24(38)28(2,3)30(19)20(31)14-37-16-9-7-15(29)8-10-16/h7-13H,6,14H2,1-5H3. The lowest BCUT2D eigenvalue weighted by molar-refractivity contribution is -0.138. The number of methoxy groups -OCH3 is 2. The minimum absolute atomic E-state index is 0.0937. The molecule has 210 valence electrons. The average molecular weight is 604 g/mol. The summed E-state index contributed by atoms with van der Waals surface area (Å²) >= 11 is 8.12. The van der Waals surface area contributed by atoms with Crippen molar-refractivity contribution >= 4 is 69.7 Å². The number of thiocarbonyl (C=S) groups is 1. The van der Waals surface area contributed by atoms with Crippen LogP contribution in [0, 0.1) is 5.82 Å². The Morgan fingerprint density at radius 1 is 0.925 bits per heavy atom. The second-order valence-corrected chi connectivity index (χ2v) is 11.7. The second kappa shape index (κ2) is 12.0. The Balaban J connectivity index is 1.81. The number of benzene rings is 2. The Morgan fingerprint density at radius 2 is 1.50 bits per heavy atom. The smallest absolute Gasteiger partial charge is 0.346 e. The fourth-order valence-electron chi connectivity index (χ4n) is 4.24. The molecule has 0 unspecified atom stereocenters. The summed E-state index contributed by atoms with van der Waals surface area (Å²) in [5.74, 6) is -1.23. The van der Waals surface area contributed by atoms with Gasteiger partial charge in [0, 0.05) is 11.1 Å². The van der Waals surface area contributed by atoms with Gasteiger partial charge in [-0.05, 0) is 63.2 Å². The van der Waals surface area contributed by atoms with E-state index in [0.717, 1.165) is 23.5 Å². The molecule has 1 amide bonds. The number of fused-ring (bicyclic) bond motifs is 1. The number of ether oxygens (including phenoxy) is 4. The molecule has 0 aliphatic carbocycles. The molecule has 0 spiro atoms. The van der Waals surface area contributed by atoms with Crippen LogP contribution < -0.4 is 14.4 Å². The predicted octanol–water partition coefficient (Wildman–Crippen LogP) is 5.50. The van der Waals surface area contributed by atoms with E-state index >= 15 is 0 Å². The molecule has 0 radical (unpaired) electrons. The van der Waals surface area contributed by atoms with Crippen molar-refractivity contribution in [3.8, 4) is 11.5 Å². The molecule has 4 rings (SSSR count). The van der Waals surface area contributed by atoms with Crippen molar-refractivity contribution in [1.82, 2.24) is 0 Å². The largest absolute Gasteiger partial charge is 0.494 e. The van der Waals surface area contributed by atoms with Gasteiger partial charge in [0.25, 0.3) is 5.91 Å². The summed E-state index contributed by atoms with van der Waals surface area (Å²) in [5.41, 5.74) is 0.720. The van der Waals surface area contributed by atoms with Crippen LogP contribution in [0.1, 0.15) is 26.3 Å². The van der Waals surface area contributed by atoms with Gasteiger partial charge < -0.3 is 18.9 Å². The summed E-state index contributed by atoms with van der Waals surface area (Å²) in [4.78, 5) is 40.9. The number of amides is 1. The van der Waals surface area contributed by atoms with Crippen molar-refractivity contribution in [3.63, 3.8) is 0 Å². The third kappa shape index (κ3) is 5.61. The number of esters is 2. The quantitative estimate of drug-likeness (QED) is 0.229. The molecule has 0 atom stereocenters. The molecule has 8 nitrogen and oxygen atoms in total. The molecular formula is C28H26FNO7S3. The molecular weight excluding hydrogens is 578 g/mol. The summed E-state index contributed by atoms with van der Waals surface area (Å²) in [5, 5.41) is 0. The summed E-state index contributed by atoms with van der Waals surface area (Å²) in [6, 6.07) is 10.7. The second-order valence-electron chi connectivity index (χ2n) is 8.98. The molecule has 0 aromatic heterocycles. The van der Waals surface area contributed by atoms with Gasteiger partial charge in [-0.25, -0.2) is 14.0 Å². The van der Waals surface area contributed by atoms with Gasteiger partial charge >= 0.3 is 11.9 Å². The molecule has 2 aromatic rings. The average Bonchev–Trinajstić information content (AvgIpc) is 3.37. The van der Waals surface area contributed by atoms with Gasteiger partial charge in [-0.1, -0.05) is 35.7 Å². The van der Waals surface area contributed by atoms with Crippen LogP contribution in [0.25, 0.3) is 5.57 Å². The first kappa shape index (κ1) is 29.6. The van der Waals surface area contributed by atoms with E-state index in [1.165, 1.54) is 38.5 Å². The zero-order valence-corrected chi connectivity index (χ0v) is 24.8. The Labute approximate surface area is 244 Å². The summed E-state index contributed by atoms with van der Waals surface area (Å²) in [6.45, 7) is 5.57. The predicted molar refractivity (Wildman–Crippen MR) is 157 cm³/mol. The number of hydrogen-bond acceptors (Lipinski definition) is 10. The van der Waals surface area contributed by atoms with E-state index in [4.69, 9.17) is 31.2 Å². The van der Waals surface area contributed by atoms with Crippen molar-refractivity contribution in [2.45, 2.75) is 26.3 Å². The molecule has 2 heterocycles. The normalized spacial score (nSPS) is 16.1. The van der Waals surface area contributed by atoms with E-state index in [-0.39, 0.29) is 22.3 Å². The number of halogens is 1. The van der Waals surface area contributed by atoms with Crippen LogP contribution in [0.4, 0.5) is 10.1 Å². The number of hydrogen-bond donors (Lipinski definition) is 0. The van der Waals surface area contributed by atoms with E-state index in [0.29, 0.717) is 44.0 Å². The monoisotopic (exact) mass is 603 g/mol. The third-order valence-corrected chi connectivity index (χ3v) is 9.36. The molecule has 40 heavy (non-hydrogen) atoms. The van der Waals surface area contributed by atoms with Gasteiger partial charge in [0.15, 0.2) is 6.61 Å². The van der Waals surface area contributed by atoms with Gasteiger partial charge in [-0.15, -0.1) is 0 Å². The van der Waals surface area contributed by atoms with Crippen LogP contribution in [0.15, 0.2) is 56.5 Å². The van der Waals surface area contributed by atoms with Gasteiger partial charge in [0.05, 0.1) is 41.2 Å². The van der Waals surface area contributed by atoms with Crippen molar-refractivity contribution < 1.29 is 37.7 Å². The Hall–Kier alpha value is -3.35. The first-order valence-corrected chi connectivity index (χ1v) is 14.1. The number of carbonyl (C=O) groups excluding carboxylic acids is 3. The summed E-state index contributed by atoms with van der Waals surface area (Å²) in [7, 11) is 2.46. The van der Waals surface area contributed by atoms with Gasteiger partial charge in [0.1, 0.15) is 27.1 Å². The first-order valence-electron chi connectivity index (χ1n) is 12.1. The van der Waals surface area contributed by atoms with E-state index < -0.39 is 23.3 Å². The van der Waals surface area contributed by atoms with Crippen molar-refractivity contribution in [2.24, 2.45) is 0 Å². The SMILES string of the molecule is CCOc1ccc2c(c1)C(=C1SC(C(=O)OC)=C(C(=O)OC)S1)C(=S)C(C)(C)N2C(=O)COc1ccc(F)cc1. The van der Waals surface area contributed by atoms with Crippen LogP contribution in [0.3, 0.4) is 0 Å². The molecule has 0 saturated carbocycles. The minimum atomic E-state index is -1.01. The number of rotatable bonds is 7. The zero-order valence-electron chi connectivity index (χ0n) is 22.4. The molecule has 2 aromatic carbocycles. The van der Waals surface area contributed by atoms with E-state index in [1.807, 2.05) is 20.8 Å². The molecule has 0 fully saturated rings. The Morgan fingerprint density at radius 3 is 2.05 bits per heavy atom. The summed E-state index contributed by atoms with van der Waals surface area (Å²) in [6.07, 6.45) is 0. The Kier molecular flexibility index (Phi) is 8.91. The number of thioether (sulfide) groups is 2. The Bertz CT molecular complexity index is 1420. The van der Waals surface area contributed by atoms with Gasteiger partial charge in [0.2, 0.25) is 0 Å². The maximum atomic E-state index is 13.6. The van der Waals surface area contributed by atoms with Crippen LogP contribution in [-0.2, 0) is 23.9 Å². The lowest BCUT2D eigenvalue weighted by Gasteiger charge is -2.45. The molecule has 0 bridgehead atoms. The van der Waals surface area contributed by atoms with E-state index in [9.17, 15) is 18.8 Å². The first-order chi connectivity index (χ1) is 19.0. The van der Waals surface area contributed by atoms with Gasteiger partial charge in [-0.2, -0.15) is 0 Å². The molecule has 0 N–H and O–H groups in total. The fourth-order valence-corrected chi connectivity index (χ4v) is 7.28. The molecule has 2 aliphatic rings. The molecule has 0 saturated heterocycles. The lowest BCUT2D eigenvalue weighted by Crippen LogP contribution is -2.57. The summed E-state index contributed by atoms with van der Waals surface area (Å²) < 4.78 is 35.1. The van der Waals surface area contributed by atoms with Crippen LogP contribution in [0.2, 0.25) is 0 Å². The zero-order chi connectivity index (χ0) is 29.2. The van der Waals surface area contributed by atoms with Crippen LogP contribution in [0.5, 0.6) is 11.5 Å². The number of anilines is 1. The van der Waals surface area contributed by atoms with Crippen LogP contribution >= 0.6 is 35.7 Å². The van der Waals surface area contributed by atoms with Crippen molar-refractivity contribution in [3.05, 3.63) is 67.9 Å². The number of carbonyl (C=O) groups is 3. The molecule has 12 heteroatoms. The highest BCUT2D eigenvalue weighted by Crippen LogP contribution is 2.56. The number of nitrogens with zero attached hydrogens (tertiary/aromatic N) is 1. The highest BCUT2D eigenvalue weighted by molar-refractivity contribution is 8.29. The van der Waals surface area contributed by atoms with Crippen molar-refractivity contribution in [1.29, 1.82) is 0 Å².